The molecule has 1 aromatic carbocycles. The fraction of sp³-hybridized carbons (Fsp3) is 0.625. The van der Waals surface area contributed by atoms with Crippen LogP contribution in [0.3, 0.4) is 0 Å². The highest BCUT2D eigenvalue weighted by Gasteiger charge is 2.15. The summed E-state index contributed by atoms with van der Waals surface area (Å²) in [4.78, 5) is 0. The van der Waals surface area contributed by atoms with Gasteiger partial charge in [0.25, 0.3) is 0 Å². The Morgan fingerprint density at radius 3 is 1.82 bits per heavy atom. The van der Waals surface area contributed by atoms with E-state index in [0.29, 0.717) is 10.8 Å². The molecule has 1 rings (SSSR count). The summed E-state index contributed by atoms with van der Waals surface area (Å²) in [6, 6.07) is 6.57. The largest absolute Gasteiger partial charge is 0.398 e. The van der Waals surface area contributed by atoms with Crippen molar-refractivity contribution < 1.29 is 0 Å². The summed E-state index contributed by atoms with van der Waals surface area (Å²) in [6.07, 6.45) is 2.11. The Labute approximate surface area is 106 Å². The molecule has 0 aromatic heterocycles. The maximum absolute atomic E-state index is 6.15. The Kier molecular flexibility index (Phi) is 3.91. The van der Waals surface area contributed by atoms with Crippen LogP contribution < -0.4 is 5.73 Å². The van der Waals surface area contributed by atoms with E-state index in [-0.39, 0.29) is 0 Å². The van der Waals surface area contributed by atoms with Crippen molar-refractivity contribution in [2.75, 3.05) is 5.73 Å². The molecule has 0 saturated heterocycles. The molecule has 0 heterocycles. The fourth-order valence-corrected chi connectivity index (χ4v) is 2.10. The van der Waals surface area contributed by atoms with E-state index in [1.807, 2.05) is 0 Å². The summed E-state index contributed by atoms with van der Waals surface area (Å²) >= 11 is 0. The lowest BCUT2D eigenvalue weighted by atomic mass is 9.85. The maximum Gasteiger partial charge on any atom is 0.0349 e. The summed E-state index contributed by atoms with van der Waals surface area (Å²) < 4.78 is 0. The second-order valence-corrected chi connectivity index (χ2v) is 7.51. The summed E-state index contributed by atoms with van der Waals surface area (Å²) in [6.45, 7) is 13.5. The molecule has 1 nitrogen and oxygen atoms in total. The van der Waals surface area contributed by atoms with E-state index < -0.39 is 0 Å². The normalized spacial score (nSPS) is 12.8. The highest BCUT2D eigenvalue weighted by Crippen LogP contribution is 2.27. The van der Waals surface area contributed by atoms with Crippen molar-refractivity contribution in [1.29, 1.82) is 0 Å². The zero-order chi connectivity index (χ0) is 13.3. The average Bonchev–Trinajstić information content (AvgIpc) is 2.05. The Balaban J connectivity index is 2.87. The van der Waals surface area contributed by atoms with Crippen LogP contribution in [0.15, 0.2) is 18.2 Å². The van der Waals surface area contributed by atoms with Crippen LogP contribution in [0.1, 0.15) is 52.7 Å². The Hall–Kier alpha value is -0.980. The van der Waals surface area contributed by atoms with Gasteiger partial charge in [-0.2, -0.15) is 0 Å². The van der Waals surface area contributed by atoms with Gasteiger partial charge in [0.1, 0.15) is 0 Å². The third-order valence-electron chi connectivity index (χ3n) is 2.67. The zero-order valence-corrected chi connectivity index (χ0v) is 12.2. The molecule has 0 bridgehead atoms. The Morgan fingerprint density at radius 1 is 0.882 bits per heavy atom. The molecule has 0 radical (unpaired) electrons. The molecule has 0 fully saturated rings. The van der Waals surface area contributed by atoms with Gasteiger partial charge >= 0.3 is 0 Å². The van der Waals surface area contributed by atoms with Gasteiger partial charge in [-0.25, -0.2) is 0 Å². The number of anilines is 1. The average molecular weight is 233 g/mol. The van der Waals surface area contributed by atoms with E-state index in [1.54, 1.807) is 0 Å². The maximum atomic E-state index is 6.15. The Bertz CT molecular complexity index is 377. The van der Waals surface area contributed by atoms with Gasteiger partial charge in [-0.05, 0) is 40.9 Å². The predicted octanol–water partition coefficient (Wildman–Crippen LogP) is 4.45. The highest BCUT2D eigenvalue weighted by molar-refractivity contribution is 5.49. The molecule has 0 aliphatic rings. The first-order valence-electron chi connectivity index (χ1n) is 6.44. The molecule has 0 saturated carbocycles. The molecule has 17 heavy (non-hydrogen) atoms. The van der Waals surface area contributed by atoms with Gasteiger partial charge in [0.2, 0.25) is 0 Å². The topological polar surface area (TPSA) is 26.0 Å². The van der Waals surface area contributed by atoms with Crippen LogP contribution in [-0.2, 0) is 12.8 Å². The van der Waals surface area contributed by atoms with Crippen LogP contribution in [-0.4, -0.2) is 0 Å². The van der Waals surface area contributed by atoms with Crippen LogP contribution in [0.5, 0.6) is 0 Å². The summed E-state index contributed by atoms with van der Waals surface area (Å²) in [5.74, 6) is 0. The molecule has 1 heteroatoms. The minimum absolute atomic E-state index is 0.291. The van der Waals surface area contributed by atoms with Crippen LogP contribution in [0.2, 0.25) is 0 Å². The minimum Gasteiger partial charge on any atom is -0.398 e. The van der Waals surface area contributed by atoms with Crippen LogP contribution in [0.4, 0.5) is 5.69 Å². The molecule has 0 aliphatic heterocycles. The highest BCUT2D eigenvalue weighted by atomic mass is 14.6. The molecule has 0 aliphatic carbocycles. The monoisotopic (exact) mass is 233 g/mol. The first kappa shape index (κ1) is 14.1. The van der Waals surface area contributed by atoms with Crippen molar-refractivity contribution in [2.24, 2.45) is 10.8 Å². The SMILES string of the molecule is CC(C)(C)Cc1ccc(CC(C)(C)C)c(N)c1. The zero-order valence-electron chi connectivity index (χ0n) is 12.2. The molecular formula is C16H27N. The summed E-state index contributed by atoms with van der Waals surface area (Å²) in [5, 5.41) is 0. The standard InChI is InChI=1S/C16H27N/c1-15(2,3)10-12-7-8-13(14(17)9-12)11-16(4,5)6/h7-9H,10-11,17H2,1-6H3. The van der Waals surface area contributed by atoms with Crippen molar-refractivity contribution in [3.63, 3.8) is 0 Å². The van der Waals surface area contributed by atoms with Crippen LogP contribution >= 0.6 is 0 Å². The number of hydrogen-bond donors (Lipinski definition) is 1. The molecule has 1 aromatic rings. The number of rotatable bonds is 2. The van der Waals surface area contributed by atoms with Crippen molar-refractivity contribution in [3.05, 3.63) is 29.3 Å². The van der Waals surface area contributed by atoms with E-state index in [1.165, 1.54) is 11.1 Å². The van der Waals surface area contributed by atoms with E-state index in [2.05, 4.69) is 59.7 Å². The van der Waals surface area contributed by atoms with Crippen molar-refractivity contribution >= 4 is 5.69 Å². The third kappa shape index (κ3) is 5.25. The van der Waals surface area contributed by atoms with E-state index in [4.69, 9.17) is 5.73 Å². The van der Waals surface area contributed by atoms with E-state index >= 15 is 0 Å². The molecule has 0 amide bonds. The van der Waals surface area contributed by atoms with Gasteiger partial charge in [0.05, 0.1) is 0 Å². The quantitative estimate of drug-likeness (QED) is 0.751. The van der Waals surface area contributed by atoms with E-state index in [0.717, 1.165) is 18.5 Å². The van der Waals surface area contributed by atoms with Gasteiger partial charge in [-0.15, -0.1) is 0 Å². The van der Waals surface area contributed by atoms with E-state index in [9.17, 15) is 0 Å². The smallest absolute Gasteiger partial charge is 0.0349 e. The van der Waals surface area contributed by atoms with Gasteiger partial charge in [0, 0.05) is 5.69 Å². The number of nitrogens with two attached hydrogens (primary N) is 1. The second kappa shape index (κ2) is 4.72. The van der Waals surface area contributed by atoms with Gasteiger partial charge in [-0.3, -0.25) is 0 Å². The predicted molar refractivity (Wildman–Crippen MR) is 77.2 cm³/mol. The number of nitrogen functional groups attached to an aromatic ring is 1. The second-order valence-electron chi connectivity index (χ2n) is 7.51. The molecule has 0 spiro atoms. The summed E-state index contributed by atoms with van der Waals surface area (Å²) in [7, 11) is 0. The lowest BCUT2D eigenvalue weighted by Gasteiger charge is -2.21. The van der Waals surface area contributed by atoms with Gasteiger partial charge in [0.15, 0.2) is 0 Å². The molecule has 0 atom stereocenters. The number of benzene rings is 1. The summed E-state index contributed by atoms with van der Waals surface area (Å²) in [5.41, 5.74) is 10.3. The molecule has 96 valence electrons. The van der Waals surface area contributed by atoms with Crippen molar-refractivity contribution in [1.82, 2.24) is 0 Å². The van der Waals surface area contributed by atoms with Crippen molar-refractivity contribution in [3.8, 4) is 0 Å². The first-order valence-corrected chi connectivity index (χ1v) is 6.44. The van der Waals surface area contributed by atoms with Crippen LogP contribution in [0, 0.1) is 10.8 Å². The number of hydrogen-bond acceptors (Lipinski definition) is 1. The fourth-order valence-electron chi connectivity index (χ4n) is 2.10. The lowest BCUT2D eigenvalue weighted by molar-refractivity contribution is 0.408. The molecule has 0 unspecified atom stereocenters. The minimum atomic E-state index is 0.291. The lowest BCUT2D eigenvalue weighted by Crippen LogP contribution is -2.12. The van der Waals surface area contributed by atoms with Crippen molar-refractivity contribution in [2.45, 2.75) is 54.4 Å². The van der Waals surface area contributed by atoms with Gasteiger partial charge in [-0.1, -0.05) is 53.7 Å². The Morgan fingerprint density at radius 2 is 1.41 bits per heavy atom. The molecule has 2 N–H and O–H groups in total. The molecular weight excluding hydrogens is 206 g/mol. The third-order valence-corrected chi connectivity index (χ3v) is 2.67. The first-order chi connectivity index (χ1) is 7.57. The van der Waals surface area contributed by atoms with Gasteiger partial charge < -0.3 is 5.73 Å². The van der Waals surface area contributed by atoms with Crippen LogP contribution in [0.25, 0.3) is 0 Å².